The fourth-order valence-electron chi connectivity index (χ4n) is 0.375. The van der Waals surface area contributed by atoms with Crippen LogP contribution in [0.5, 0.6) is 0 Å². The van der Waals surface area contributed by atoms with Gasteiger partial charge >= 0.3 is 10.4 Å². The second kappa shape index (κ2) is 8.35. The molecule has 0 aromatic heterocycles. The molecule has 0 radical (unpaired) electrons. The van der Waals surface area contributed by atoms with E-state index in [1.165, 1.54) is 0 Å². The Morgan fingerprint density at radius 2 is 1.69 bits per heavy atom. The minimum atomic E-state index is -4.67. The van der Waals surface area contributed by atoms with Crippen molar-refractivity contribution >= 4 is 10.4 Å². The number of nitrogens with one attached hydrogen (secondary N) is 1. The summed E-state index contributed by atoms with van der Waals surface area (Å²) in [5, 5.41) is 19.6. The van der Waals surface area contributed by atoms with Gasteiger partial charge in [0.1, 0.15) is 0 Å². The molecule has 1 unspecified atom stereocenters. The van der Waals surface area contributed by atoms with Crippen LogP contribution in [0, 0.1) is 0 Å². The lowest BCUT2D eigenvalue weighted by atomic mass is 10.4. The van der Waals surface area contributed by atoms with E-state index in [0.29, 0.717) is 6.54 Å². The summed E-state index contributed by atoms with van der Waals surface area (Å²) in [5.74, 6) is 0. The van der Waals surface area contributed by atoms with Crippen LogP contribution in [0.4, 0.5) is 0 Å². The topological polar surface area (TPSA) is 127 Å². The van der Waals surface area contributed by atoms with Crippen molar-refractivity contribution in [3.63, 3.8) is 0 Å². The molecule has 0 aromatic carbocycles. The minimum absolute atomic E-state index is 0.0992. The van der Waals surface area contributed by atoms with Crippen molar-refractivity contribution in [3.8, 4) is 0 Å². The summed E-state index contributed by atoms with van der Waals surface area (Å²) in [6.07, 6.45) is 0. The first kappa shape index (κ1) is 15.2. The Bertz CT molecular complexity index is 183. The standard InChI is InChI=1S/C5H13NO2.H2O4S/c1-5(4-8)6-2-3-7;1-5(2,3)4/h5-8H,2-4H2,1H3;(H2,1,2,3,4). The first-order chi connectivity index (χ1) is 5.81. The maximum absolute atomic E-state index is 8.74. The fraction of sp³-hybridized carbons (Fsp3) is 1.00. The molecule has 0 heterocycles. The first-order valence-corrected chi connectivity index (χ1v) is 4.86. The number of hydrogen-bond donors (Lipinski definition) is 5. The molecule has 5 N–H and O–H groups in total. The largest absolute Gasteiger partial charge is 0.395 e. The maximum atomic E-state index is 8.74. The zero-order chi connectivity index (χ0) is 10.9. The third-order valence-corrected chi connectivity index (χ3v) is 0.878. The normalized spacial score (nSPS) is 13.0. The Morgan fingerprint density at radius 3 is 1.92 bits per heavy atom. The second-order valence-electron chi connectivity index (χ2n) is 2.21. The summed E-state index contributed by atoms with van der Waals surface area (Å²) < 4.78 is 31.6. The zero-order valence-electron chi connectivity index (χ0n) is 7.21. The smallest absolute Gasteiger partial charge is 0.394 e. The van der Waals surface area contributed by atoms with Crippen molar-refractivity contribution < 1.29 is 27.7 Å². The van der Waals surface area contributed by atoms with Crippen LogP contribution < -0.4 is 5.32 Å². The molecule has 0 aliphatic rings. The third-order valence-electron chi connectivity index (χ3n) is 0.878. The van der Waals surface area contributed by atoms with Crippen LogP contribution >= 0.6 is 0 Å². The van der Waals surface area contributed by atoms with Crippen LogP contribution in [0.3, 0.4) is 0 Å². The highest BCUT2D eigenvalue weighted by atomic mass is 32.3. The molecule has 0 bridgehead atoms. The lowest BCUT2D eigenvalue weighted by Gasteiger charge is -2.07. The number of aliphatic hydroxyl groups is 2. The predicted octanol–water partition coefficient (Wildman–Crippen LogP) is -1.70. The predicted molar refractivity (Wildman–Crippen MR) is 45.8 cm³/mol. The molecule has 0 saturated carbocycles. The number of hydrogen-bond acceptors (Lipinski definition) is 5. The molecule has 8 heteroatoms. The molecule has 13 heavy (non-hydrogen) atoms. The van der Waals surface area contributed by atoms with Gasteiger partial charge in [0.2, 0.25) is 0 Å². The Labute approximate surface area is 77.0 Å². The van der Waals surface area contributed by atoms with E-state index in [0.717, 1.165) is 0 Å². The summed E-state index contributed by atoms with van der Waals surface area (Å²) in [5.41, 5.74) is 0. The van der Waals surface area contributed by atoms with Crippen molar-refractivity contribution in [3.05, 3.63) is 0 Å². The fourth-order valence-corrected chi connectivity index (χ4v) is 0.375. The molecule has 0 spiro atoms. The van der Waals surface area contributed by atoms with Crippen molar-refractivity contribution in [2.45, 2.75) is 13.0 Å². The van der Waals surface area contributed by atoms with Crippen molar-refractivity contribution in [2.75, 3.05) is 19.8 Å². The van der Waals surface area contributed by atoms with Gasteiger partial charge in [-0.2, -0.15) is 8.42 Å². The van der Waals surface area contributed by atoms with E-state index in [4.69, 9.17) is 27.7 Å². The van der Waals surface area contributed by atoms with E-state index < -0.39 is 10.4 Å². The van der Waals surface area contributed by atoms with Gasteiger partial charge in [-0.3, -0.25) is 9.11 Å². The molecule has 1 atom stereocenters. The van der Waals surface area contributed by atoms with Crippen LogP contribution in [0.15, 0.2) is 0 Å². The summed E-state index contributed by atoms with van der Waals surface area (Å²) in [7, 11) is -4.67. The van der Waals surface area contributed by atoms with Gasteiger partial charge in [-0.25, -0.2) is 0 Å². The molecule has 0 aromatic rings. The Morgan fingerprint density at radius 1 is 1.31 bits per heavy atom. The van der Waals surface area contributed by atoms with Crippen LogP contribution in [0.25, 0.3) is 0 Å². The van der Waals surface area contributed by atoms with Gasteiger partial charge in [-0.1, -0.05) is 0 Å². The Hall–Kier alpha value is -0.250. The Kier molecular flexibility index (Phi) is 9.79. The molecule has 0 aliphatic carbocycles. The van der Waals surface area contributed by atoms with Crippen LogP contribution in [-0.2, 0) is 10.4 Å². The summed E-state index contributed by atoms with van der Waals surface area (Å²) in [4.78, 5) is 0. The zero-order valence-corrected chi connectivity index (χ0v) is 8.03. The van der Waals surface area contributed by atoms with Gasteiger partial charge in [0.25, 0.3) is 0 Å². The van der Waals surface area contributed by atoms with E-state index in [9.17, 15) is 0 Å². The molecule has 0 aliphatic heterocycles. The van der Waals surface area contributed by atoms with Gasteiger partial charge in [-0.05, 0) is 6.92 Å². The van der Waals surface area contributed by atoms with E-state index >= 15 is 0 Å². The van der Waals surface area contributed by atoms with Crippen LogP contribution in [-0.4, -0.2) is 53.5 Å². The molecular weight excluding hydrogens is 202 g/mol. The van der Waals surface area contributed by atoms with E-state index in [-0.39, 0.29) is 19.3 Å². The lowest BCUT2D eigenvalue weighted by molar-refractivity contribution is 0.234. The first-order valence-electron chi connectivity index (χ1n) is 3.46. The van der Waals surface area contributed by atoms with Crippen LogP contribution in [0.1, 0.15) is 6.92 Å². The average molecular weight is 217 g/mol. The van der Waals surface area contributed by atoms with Crippen molar-refractivity contribution in [2.24, 2.45) is 0 Å². The molecule has 0 amide bonds. The molecular formula is C5H15NO6S. The molecule has 82 valence electrons. The number of aliphatic hydroxyl groups excluding tert-OH is 2. The van der Waals surface area contributed by atoms with Crippen molar-refractivity contribution in [1.29, 1.82) is 0 Å². The van der Waals surface area contributed by atoms with Gasteiger partial charge in [-0.15, -0.1) is 0 Å². The number of rotatable bonds is 4. The second-order valence-corrected chi connectivity index (χ2v) is 3.10. The highest BCUT2D eigenvalue weighted by molar-refractivity contribution is 7.79. The SMILES string of the molecule is CC(CO)NCCO.O=S(=O)(O)O. The van der Waals surface area contributed by atoms with Gasteiger partial charge in [0.15, 0.2) is 0 Å². The summed E-state index contributed by atoms with van der Waals surface area (Å²) >= 11 is 0. The van der Waals surface area contributed by atoms with Crippen LogP contribution in [0.2, 0.25) is 0 Å². The third kappa shape index (κ3) is 33.8. The lowest BCUT2D eigenvalue weighted by Crippen LogP contribution is -2.31. The van der Waals surface area contributed by atoms with Gasteiger partial charge in [0, 0.05) is 12.6 Å². The molecule has 0 fully saturated rings. The Balaban J connectivity index is 0. The minimum Gasteiger partial charge on any atom is -0.395 e. The van der Waals surface area contributed by atoms with E-state index in [1.54, 1.807) is 0 Å². The summed E-state index contributed by atoms with van der Waals surface area (Å²) in [6, 6.07) is 0.0992. The monoisotopic (exact) mass is 217 g/mol. The van der Waals surface area contributed by atoms with Gasteiger partial charge in [0.05, 0.1) is 13.2 Å². The summed E-state index contributed by atoms with van der Waals surface area (Å²) in [6.45, 7) is 2.67. The highest BCUT2D eigenvalue weighted by Gasteiger charge is 1.93. The maximum Gasteiger partial charge on any atom is 0.394 e. The quantitative estimate of drug-likeness (QED) is 0.355. The molecule has 0 rings (SSSR count). The van der Waals surface area contributed by atoms with E-state index in [2.05, 4.69) is 5.32 Å². The molecule has 7 nitrogen and oxygen atoms in total. The van der Waals surface area contributed by atoms with Crippen molar-refractivity contribution in [1.82, 2.24) is 5.32 Å². The highest BCUT2D eigenvalue weighted by Crippen LogP contribution is 1.74. The molecule has 0 saturated heterocycles. The average Bonchev–Trinajstić information content (AvgIpc) is 1.97. The van der Waals surface area contributed by atoms with Gasteiger partial charge < -0.3 is 15.5 Å². The van der Waals surface area contributed by atoms with E-state index in [1.807, 2.05) is 6.92 Å².